The smallest absolute Gasteiger partial charge is 0.317 e. The van der Waals surface area contributed by atoms with Gasteiger partial charge < -0.3 is 20.0 Å². The standard InChI is InChI=1S/C14H30N4O3/c1-15-3-7-17(11-12-19)8-4-16(2)6-10-18(9-5-15)13-14(20)21/h19H,3-13H2,1-2H3,(H,20,21). The monoisotopic (exact) mass is 302 g/mol. The number of likely N-dealkylation sites (N-methyl/N-ethyl adjacent to an activating group) is 2. The zero-order valence-corrected chi connectivity index (χ0v) is 13.4. The summed E-state index contributed by atoms with van der Waals surface area (Å²) in [6.07, 6.45) is 0. The molecule has 1 fully saturated rings. The van der Waals surface area contributed by atoms with Crippen LogP contribution in [0.4, 0.5) is 0 Å². The number of carbonyl (C=O) groups is 1. The number of aliphatic carboxylic acids is 1. The van der Waals surface area contributed by atoms with Gasteiger partial charge in [0.2, 0.25) is 0 Å². The van der Waals surface area contributed by atoms with Gasteiger partial charge in [-0.1, -0.05) is 0 Å². The Morgan fingerprint density at radius 3 is 1.67 bits per heavy atom. The van der Waals surface area contributed by atoms with Gasteiger partial charge in [0.15, 0.2) is 0 Å². The second-order valence-corrected chi connectivity index (χ2v) is 5.84. The van der Waals surface area contributed by atoms with Crippen molar-refractivity contribution in [3.05, 3.63) is 0 Å². The van der Waals surface area contributed by atoms with E-state index in [1.165, 1.54) is 0 Å². The van der Waals surface area contributed by atoms with Crippen LogP contribution < -0.4 is 0 Å². The third kappa shape index (κ3) is 8.33. The number of hydrogen-bond acceptors (Lipinski definition) is 6. The van der Waals surface area contributed by atoms with Crippen LogP contribution in [0.2, 0.25) is 0 Å². The van der Waals surface area contributed by atoms with Gasteiger partial charge in [0, 0.05) is 58.9 Å². The van der Waals surface area contributed by atoms with Crippen LogP contribution >= 0.6 is 0 Å². The first-order valence-electron chi connectivity index (χ1n) is 7.65. The second-order valence-electron chi connectivity index (χ2n) is 5.84. The average molecular weight is 302 g/mol. The molecule has 0 spiro atoms. The summed E-state index contributed by atoms with van der Waals surface area (Å²) in [4.78, 5) is 19.7. The number of rotatable bonds is 4. The highest BCUT2D eigenvalue weighted by molar-refractivity contribution is 5.69. The van der Waals surface area contributed by atoms with Gasteiger partial charge in [0.1, 0.15) is 0 Å². The minimum atomic E-state index is -0.762. The molecule has 124 valence electrons. The maximum absolute atomic E-state index is 10.9. The highest BCUT2D eigenvalue weighted by Gasteiger charge is 2.14. The van der Waals surface area contributed by atoms with E-state index in [2.05, 4.69) is 28.8 Å². The molecule has 21 heavy (non-hydrogen) atoms. The Labute approximate surface area is 127 Å². The van der Waals surface area contributed by atoms with Crippen LogP contribution in [-0.4, -0.2) is 122 Å². The largest absolute Gasteiger partial charge is 0.480 e. The molecule has 0 amide bonds. The van der Waals surface area contributed by atoms with E-state index in [4.69, 9.17) is 10.2 Å². The Kier molecular flexibility index (Phi) is 8.79. The molecule has 0 unspecified atom stereocenters. The van der Waals surface area contributed by atoms with Crippen molar-refractivity contribution in [1.82, 2.24) is 19.6 Å². The number of carboxylic acids is 1. The summed E-state index contributed by atoms with van der Waals surface area (Å²) in [6.45, 7) is 8.04. The molecule has 7 heteroatoms. The van der Waals surface area contributed by atoms with E-state index in [-0.39, 0.29) is 13.2 Å². The van der Waals surface area contributed by atoms with E-state index < -0.39 is 5.97 Å². The fraction of sp³-hybridized carbons (Fsp3) is 0.929. The molecule has 0 atom stereocenters. The van der Waals surface area contributed by atoms with Crippen LogP contribution in [0.1, 0.15) is 0 Å². The van der Waals surface area contributed by atoms with Crippen LogP contribution in [0.25, 0.3) is 0 Å². The first-order valence-corrected chi connectivity index (χ1v) is 7.65. The van der Waals surface area contributed by atoms with Gasteiger partial charge in [-0.05, 0) is 14.1 Å². The summed E-state index contributed by atoms with van der Waals surface area (Å²) in [6, 6.07) is 0. The van der Waals surface area contributed by atoms with E-state index in [1.807, 2.05) is 4.90 Å². The normalized spacial score (nSPS) is 22.6. The van der Waals surface area contributed by atoms with Crippen LogP contribution in [-0.2, 0) is 4.79 Å². The summed E-state index contributed by atoms with van der Waals surface area (Å²) in [5.74, 6) is -0.762. The molecule has 0 radical (unpaired) electrons. The van der Waals surface area contributed by atoms with E-state index >= 15 is 0 Å². The molecule has 0 bridgehead atoms. The molecule has 1 rings (SSSR count). The molecule has 1 saturated heterocycles. The highest BCUT2D eigenvalue weighted by atomic mass is 16.4. The third-order valence-corrected chi connectivity index (χ3v) is 3.97. The number of β-amino-alcohol motifs (C(OH)–C–C–N with tert-alkyl or cyclic N) is 1. The molecule has 0 saturated carbocycles. The molecule has 2 N–H and O–H groups in total. The third-order valence-electron chi connectivity index (χ3n) is 3.97. The van der Waals surface area contributed by atoms with Gasteiger partial charge in [-0.3, -0.25) is 14.6 Å². The fourth-order valence-corrected chi connectivity index (χ4v) is 2.41. The van der Waals surface area contributed by atoms with Crippen molar-refractivity contribution in [2.24, 2.45) is 0 Å². The zero-order chi connectivity index (χ0) is 15.7. The highest BCUT2D eigenvalue weighted by Crippen LogP contribution is 1.98. The Hall–Kier alpha value is -0.730. The number of carboxylic acid groups (broad SMARTS) is 1. The Balaban J connectivity index is 2.55. The summed E-state index contributed by atoms with van der Waals surface area (Å²) in [7, 11) is 4.13. The molecule has 1 heterocycles. The van der Waals surface area contributed by atoms with Gasteiger partial charge in [0.05, 0.1) is 13.2 Å². The maximum Gasteiger partial charge on any atom is 0.317 e. The molecule has 7 nitrogen and oxygen atoms in total. The Morgan fingerprint density at radius 1 is 0.857 bits per heavy atom. The molecule has 0 aromatic rings. The molecule has 1 aliphatic rings. The lowest BCUT2D eigenvalue weighted by atomic mass is 10.3. The van der Waals surface area contributed by atoms with Gasteiger partial charge in [0.25, 0.3) is 0 Å². The number of aliphatic hydroxyl groups is 1. The summed E-state index contributed by atoms with van der Waals surface area (Å²) in [5, 5.41) is 18.1. The SMILES string of the molecule is CN1CCN(CCO)CCN(C)CCN(CC(=O)O)CC1. The summed E-state index contributed by atoms with van der Waals surface area (Å²) >= 11 is 0. The zero-order valence-electron chi connectivity index (χ0n) is 13.4. The van der Waals surface area contributed by atoms with E-state index in [0.29, 0.717) is 6.54 Å². The maximum atomic E-state index is 10.9. The predicted octanol–water partition coefficient (Wildman–Crippen LogP) is -1.46. The average Bonchev–Trinajstić information content (AvgIpc) is 2.43. The van der Waals surface area contributed by atoms with Crippen LogP contribution in [0.3, 0.4) is 0 Å². The van der Waals surface area contributed by atoms with Gasteiger partial charge >= 0.3 is 5.97 Å². The molecule has 0 aromatic carbocycles. The van der Waals surface area contributed by atoms with E-state index in [9.17, 15) is 4.79 Å². The summed E-state index contributed by atoms with van der Waals surface area (Å²) in [5.41, 5.74) is 0. The molecule has 1 aliphatic heterocycles. The van der Waals surface area contributed by atoms with Crippen molar-refractivity contribution in [2.75, 3.05) is 86.1 Å². The van der Waals surface area contributed by atoms with E-state index in [1.54, 1.807) is 0 Å². The fourth-order valence-electron chi connectivity index (χ4n) is 2.41. The van der Waals surface area contributed by atoms with Crippen LogP contribution in [0, 0.1) is 0 Å². The van der Waals surface area contributed by atoms with E-state index in [0.717, 1.165) is 52.4 Å². The van der Waals surface area contributed by atoms with Crippen molar-refractivity contribution in [2.45, 2.75) is 0 Å². The molecular weight excluding hydrogens is 272 g/mol. The lowest BCUT2D eigenvalue weighted by Crippen LogP contribution is -2.45. The van der Waals surface area contributed by atoms with Crippen molar-refractivity contribution < 1.29 is 15.0 Å². The lowest BCUT2D eigenvalue weighted by molar-refractivity contribution is -0.138. The predicted molar refractivity (Wildman–Crippen MR) is 82.6 cm³/mol. The van der Waals surface area contributed by atoms with Crippen molar-refractivity contribution in [1.29, 1.82) is 0 Å². The molecule has 0 aromatic heterocycles. The van der Waals surface area contributed by atoms with Crippen molar-refractivity contribution in [3.63, 3.8) is 0 Å². The van der Waals surface area contributed by atoms with Crippen molar-refractivity contribution in [3.8, 4) is 0 Å². The Bertz CT molecular complexity index is 286. The first kappa shape index (κ1) is 18.3. The number of hydrogen-bond donors (Lipinski definition) is 2. The molecular formula is C14H30N4O3. The number of nitrogens with zero attached hydrogens (tertiary/aromatic N) is 4. The van der Waals surface area contributed by atoms with Crippen LogP contribution in [0.5, 0.6) is 0 Å². The Morgan fingerprint density at radius 2 is 1.29 bits per heavy atom. The van der Waals surface area contributed by atoms with Crippen LogP contribution in [0.15, 0.2) is 0 Å². The van der Waals surface area contributed by atoms with Gasteiger partial charge in [-0.15, -0.1) is 0 Å². The summed E-state index contributed by atoms with van der Waals surface area (Å²) < 4.78 is 0. The quantitative estimate of drug-likeness (QED) is 0.658. The topological polar surface area (TPSA) is 70.5 Å². The lowest BCUT2D eigenvalue weighted by Gasteiger charge is -2.31. The minimum absolute atomic E-state index is 0.109. The minimum Gasteiger partial charge on any atom is -0.480 e. The second kappa shape index (κ2) is 10.1. The van der Waals surface area contributed by atoms with Crippen molar-refractivity contribution >= 4 is 5.97 Å². The van der Waals surface area contributed by atoms with Gasteiger partial charge in [-0.2, -0.15) is 0 Å². The molecule has 0 aliphatic carbocycles. The number of aliphatic hydroxyl groups excluding tert-OH is 1. The first-order chi connectivity index (χ1) is 10.0. The van der Waals surface area contributed by atoms with Gasteiger partial charge in [-0.25, -0.2) is 0 Å².